The molecule has 1 aliphatic heterocycles. The summed E-state index contributed by atoms with van der Waals surface area (Å²) >= 11 is 3.62. The molecule has 0 bridgehead atoms. The van der Waals surface area contributed by atoms with Crippen LogP contribution in [0.1, 0.15) is 22.7 Å². The van der Waals surface area contributed by atoms with E-state index in [1.165, 1.54) is 0 Å². The van der Waals surface area contributed by atoms with Gasteiger partial charge in [0.2, 0.25) is 0 Å². The molecule has 3 aromatic carbocycles. The lowest BCUT2D eigenvalue weighted by molar-refractivity contribution is -0.130. The molecule has 6 heteroatoms. The number of nitrogens with zero attached hydrogens (tertiary/aromatic N) is 1. The van der Waals surface area contributed by atoms with E-state index in [0.717, 1.165) is 26.9 Å². The van der Waals surface area contributed by atoms with Crippen LogP contribution in [-0.4, -0.2) is 30.1 Å². The Labute approximate surface area is 189 Å². The van der Waals surface area contributed by atoms with Crippen molar-refractivity contribution in [2.45, 2.75) is 12.6 Å². The van der Waals surface area contributed by atoms with Crippen molar-refractivity contribution in [3.05, 3.63) is 99.7 Å². The summed E-state index contributed by atoms with van der Waals surface area (Å²) in [5, 5.41) is 10.9. The van der Waals surface area contributed by atoms with Gasteiger partial charge in [-0.15, -0.1) is 0 Å². The number of amides is 1. The quantitative estimate of drug-likeness (QED) is 0.505. The van der Waals surface area contributed by atoms with Crippen LogP contribution in [0.25, 0.3) is 5.57 Å². The number of hydrogen-bond donors (Lipinski definition) is 1. The summed E-state index contributed by atoms with van der Waals surface area (Å²) in [6.45, 7) is 0.346. The van der Waals surface area contributed by atoms with Crippen molar-refractivity contribution in [2.24, 2.45) is 0 Å². The molecule has 5 nitrogen and oxygen atoms in total. The van der Waals surface area contributed by atoms with E-state index in [1.54, 1.807) is 19.1 Å². The molecule has 1 amide bonds. The molecule has 1 aliphatic rings. The lowest BCUT2D eigenvalue weighted by Gasteiger charge is -2.28. The van der Waals surface area contributed by atoms with Crippen LogP contribution in [0, 0.1) is 0 Å². The molecular formula is C25H22BrNO4. The van der Waals surface area contributed by atoms with Crippen molar-refractivity contribution in [1.82, 2.24) is 4.90 Å². The molecule has 0 saturated heterocycles. The molecule has 158 valence electrons. The van der Waals surface area contributed by atoms with Gasteiger partial charge in [0.15, 0.2) is 5.76 Å². The number of ether oxygens (including phenoxy) is 2. The van der Waals surface area contributed by atoms with Gasteiger partial charge in [-0.1, -0.05) is 58.4 Å². The summed E-state index contributed by atoms with van der Waals surface area (Å²) in [7, 11) is 3.22. The van der Waals surface area contributed by atoms with Gasteiger partial charge in [0.1, 0.15) is 11.5 Å². The van der Waals surface area contributed by atoms with Crippen molar-refractivity contribution in [3.8, 4) is 11.5 Å². The summed E-state index contributed by atoms with van der Waals surface area (Å²) in [6, 6.07) is 22.2. The van der Waals surface area contributed by atoms with Crippen LogP contribution in [0.4, 0.5) is 0 Å². The highest BCUT2D eigenvalue weighted by Gasteiger charge is 2.41. The largest absolute Gasteiger partial charge is 0.503 e. The molecular weight excluding hydrogens is 458 g/mol. The number of benzene rings is 3. The molecule has 31 heavy (non-hydrogen) atoms. The topological polar surface area (TPSA) is 59.0 Å². The van der Waals surface area contributed by atoms with Gasteiger partial charge in [-0.3, -0.25) is 4.79 Å². The van der Waals surface area contributed by atoms with Crippen molar-refractivity contribution >= 4 is 27.4 Å². The zero-order valence-electron chi connectivity index (χ0n) is 17.2. The normalized spacial score (nSPS) is 16.0. The number of aliphatic hydroxyl groups is 1. The molecule has 1 atom stereocenters. The van der Waals surface area contributed by atoms with Gasteiger partial charge >= 0.3 is 0 Å². The van der Waals surface area contributed by atoms with Crippen LogP contribution in [0.5, 0.6) is 11.5 Å². The van der Waals surface area contributed by atoms with E-state index in [2.05, 4.69) is 15.9 Å². The van der Waals surface area contributed by atoms with Gasteiger partial charge in [-0.25, -0.2) is 0 Å². The number of methoxy groups -OCH3 is 2. The molecule has 4 rings (SSSR count). The number of halogens is 1. The minimum Gasteiger partial charge on any atom is -0.503 e. The van der Waals surface area contributed by atoms with Gasteiger partial charge in [-0.2, -0.15) is 0 Å². The Morgan fingerprint density at radius 2 is 1.48 bits per heavy atom. The Balaban J connectivity index is 1.79. The Morgan fingerprint density at radius 3 is 2.06 bits per heavy atom. The number of carbonyl (C=O) groups excluding carboxylic acids is 1. The molecule has 1 N–H and O–H groups in total. The van der Waals surface area contributed by atoms with Crippen molar-refractivity contribution in [3.63, 3.8) is 0 Å². The van der Waals surface area contributed by atoms with E-state index < -0.39 is 11.9 Å². The first-order chi connectivity index (χ1) is 15.0. The monoisotopic (exact) mass is 479 g/mol. The van der Waals surface area contributed by atoms with Crippen molar-refractivity contribution in [1.29, 1.82) is 0 Å². The second kappa shape index (κ2) is 8.86. The third-order valence-electron chi connectivity index (χ3n) is 5.42. The molecule has 0 aliphatic carbocycles. The maximum Gasteiger partial charge on any atom is 0.290 e. The van der Waals surface area contributed by atoms with Crippen LogP contribution >= 0.6 is 15.9 Å². The highest BCUT2D eigenvalue weighted by atomic mass is 79.9. The van der Waals surface area contributed by atoms with Crippen molar-refractivity contribution < 1.29 is 19.4 Å². The first-order valence-corrected chi connectivity index (χ1v) is 10.6. The minimum atomic E-state index is -0.446. The Kier molecular flexibility index (Phi) is 6.00. The number of carbonyl (C=O) groups is 1. The van der Waals surface area contributed by atoms with Crippen LogP contribution in [-0.2, 0) is 11.3 Å². The smallest absolute Gasteiger partial charge is 0.290 e. The van der Waals surface area contributed by atoms with Gasteiger partial charge in [0.05, 0.1) is 20.3 Å². The van der Waals surface area contributed by atoms with Gasteiger partial charge in [-0.05, 0) is 47.0 Å². The second-order valence-electron chi connectivity index (χ2n) is 7.20. The van der Waals surface area contributed by atoms with E-state index in [1.807, 2.05) is 72.8 Å². The highest BCUT2D eigenvalue weighted by molar-refractivity contribution is 9.10. The van der Waals surface area contributed by atoms with Crippen LogP contribution < -0.4 is 9.47 Å². The molecule has 0 radical (unpaired) electrons. The summed E-state index contributed by atoms with van der Waals surface area (Å²) in [5.41, 5.74) is 3.19. The van der Waals surface area contributed by atoms with Gasteiger partial charge in [0.25, 0.3) is 5.91 Å². The molecule has 0 saturated carbocycles. The number of hydrogen-bond acceptors (Lipinski definition) is 4. The first-order valence-electron chi connectivity index (χ1n) is 9.79. The number of rotatable bonds is 6. The Morgan fingerprint density at radius 1 is 0.903 bits per heavy atom. The average molecular weight is 480 g/mol. The number of aliphatic hydroxyl groups excluding tert-OH is 1. The SMILES string of the molecule is COc1ccc(CN2C(=O)C(O)=C(c3ccc(OC)cc3)C2c2ccccc2Br)cc1. The highest BCUT2D eigenvalue weighted by Crippen LogP contribution is 2.45. The third kappa shape index (κ3) is 4.03. The zero-order chi connectivity index (χ0) is 22.0. The molecule has 0 spiro atoms. The standard InChI is InChI=1S/C25H22BrNO4/c1-30-18-11-7-16(8-12-18)15-27-23(20-5-3-4-6-21(20)26)22(24(28)25(27)29)17-9-13-19(31-2)14-10-17/h3-14,23,28H,15H2,1-2H3. The van der Waals surface area contributed by atoms with E-state index >= 15 is 0 Å². The van der Waals surface area contributed by atoms with E-state index in [4.69, 9.17) is 9.47 Å². The second-order valence-corrected chi connectivity index (χ2v) is 8.05. The van der Waals surface area contributed by atoms with E-state index in [0.29, 0.717) is 17.9 Å². The Bertz CT molecular complexity index is 1120. The summed E-state index contributed by atoms with van der Waals surface area (Å²) in [6.07, 6.45) is 0. The first kappa shape index (κ1) is 21.0. The molecule has 0 aromatic heterocycles. The average Bonchev–Trinajstić information content (AvgIpc) is 3.05. The predicted octanol–water partition coefficient (Wildman–Crippen LogP) is 5.52. The Hall–Kier alpha value is -3.25. The van der Waals surface area contributed by atoms with Gasteiger partial charge < -0.3 is 19.5 Å². The molecule has 3 aromatic rings. The van der Waals surface area contributed by atoms with Crippen LogP contribution in [0.15, 0.2) is 83.0 Å². The summed E-state index contributed by atoms with van der Waals surface area (Å²) in [4.78, 5) is 14.9. The fourth-order valence-electron chi connectivity index (χ4n) is 3.83. The zero-order valence-corrected chi connectivity index (χ0v) is 18.8. The molecule has 1 unspecified atom stereocenters. The fraction of sp³-hybridized carbons (Fsp3) is 0.160. The maximum absolute atomic E-state index is 13.2. The van der Waals surface area contributed by atoms with Gasteiger partial charge in [0, 0.05) is 16.6 Å². The minimum absolute atomic E-state index is 0.237. The van der Waals surface area contributed by atoms with E-state index in [9.17, 15) is 9.90 Å². The lowest BCUT2D eigenvalue weighted by Crippen LogP contribution is -2.30. The maximum atomic E-state index is 13.2. The lowest BCUT2D eigenvalue weighted by atomic mass is 9.93. The fourth-order valence-corrected chi connectivity index (χ4v) is 4.33. The van der Waals surface area contributed by atoms with Crippen molar-refractivity contribution in [2.75, 3.05) is 14.2 Å². The molecule has 1 heterocycles. The third-order valence-corrected chi connectivity index (χ3v) is 6.14. The molecule has 0 fully saturated rings. The van der Waals surface area contributed by atoms with E-state index in [-0.39, 0.29) is 5.76 Å². The van der Waals surface area contributed by atoms with Crippen LogP contribution in [0.3, 0.4) is 0 Å². The van der Waals surface area contributed by atoms with Crippen LogP contribution in [0.2, 0.25) is 0 Å². The summed E-state index contributed by atoms with van der Waals surface area (Å²) < 4.78 is 11.4. The predicted molar refractivity (Wildman–Crippen MR) is 123 cm³/mol. The summed E-state index contributed by atoms with van der Waals surface area (Å²) in [5.74, 6) is 0.821.